The number of carbonyl (C=O) groups is 1. The lowest BCUT2D eigenvalue weighted by Crippen LogP contribution is -2.51. The molecule has 3 nitrogen and oxygen atoms in total. The quantitative estimate of drug-likeness (QED) is 0.657. The number of hydrogen-bond donors (Lipinski definition) is 0. The van der Waals surface area contributed by atoms with Crippen molar-refractivity contribution < 1.29 is 9.53 Å². The Balaban J connectivity index is 2.02. The molecule has 2 aliphatic rings. The van der Waals surface area contributed by atoms with Gasteiger partial charge in [0.1, 0.15) is 5.78 Å². The van der Waals surface area contributed by atoms with E-state index in [2.05, 4.69) is 18.7 Å². The molecule has 0 aromatic carbocycles. The molecular weight excluding hydrogens is 190 g/mol. The number of hydrogen-bond acceptors (Lipinski definition) is 3. The minimum atomic E-state index is -0.0416. The van der Waals surface area contributed by atoms with Gasteiger partial charge in [0.15, 0.2) is 0 Å². The minimum Gasteiger partial charge on any atom is -0.374 e. The zero-order chi connectivity index (χ0) is 11.1. The number of nitrogens with zero attached hydrogens (tertiary/aromatic N) is 1. The maximum atomic E-state index is 11.5. The summed E-state index contributed by atoms with van der Waals surface area (Å²) in [5.74, 6) is 0.623. The molecular formula is C12H21NO2. The van der Waals surface area contributed by atoms with Crippen molar-refractivity contribution in [3.63, 3.8) is 0 Å². The molecule has 2 saturated heterocycles. The Hall–Kier alpha value is -0.410. The predicted molar refractivity (Wildman–Crippen MR) is 58.8 cm³/mol. The standard InChI is InChI=1S/C12H21NO2/c1-9-8-13(6-4-10(9)14)11-5-7-15-12(11,2)3/h9,11H,4-8H2,1-3H3. The van der Waals surface area contributed by atoms with Gasteiger partial charge in [0.25, 0.3) is 0 Å². The molecule has 2 fully saturated rings. The number of likely N-dealkylation sites (tertiary alicyclic amines) is 1. The van der Waals surface area contributed by atoms with Gasteiger partial charge in [-0.2, -0.15) is 0 Å². The third-order valence-electron chi connectivity index (χ3n) is 3.81. The molecule has 2 atom stereocenters. The van der Waals surface area contributed by atoms with E-state index >= 15 is 0 Å². The van der Waals surface area contributed by atoms with E-state index in [-0.39, 0.29) is 11.5 Å². The summed E-state index contributed by atoms with van der Waals surface area (Å²) in [6, 6.07) is 0.494. The van der Waals surface area contributed by atoms with E-state index in [0.29, 0.717) is 18.2 Å². The average molecular weight is 211 g/mol. The highest BCUT2D eigenvalue weighted by atomic mass is 16.5. The number of carbonyl (C=O) groups excluding carboxylic acids is 1. The zero-order valence-corrected chi connectivity index (χ0v) is 9.95. The third kappa shape index (κ3) is 2.08. The summed E-state index contributed by atoms with van der Waals surface area (Å²) in [6.07, 6.45) is 1.82. The molecule has 0 amide bonds. The van der Waals surface area contributed by atoms with Gasteiger partial charge in [-0.25, -0.2) is 0 Å². The summed E-state index contributed by atoms with van der Waals surface area (Å²) in [5.41, 5.74) is -0.0416. The van der Waals surface area contributed by atoms with Crippen LogP contribution in [0.3, 0.4) is 0 Å². The largest absolute Gasteiger partial charge is 0.374 e. The molecule has 86 valence electrons. The molecule has 3 heteroatoms. The molecule has 0 bridgehead atoms. The number of rotatable bonds is 1. The third-order valence-corrected chi connectivity index (χ3v) is 3.81. The Morgan fingerprint density at radius 3 is 2.73 bits per heavy atom. The lowest BCUT2D eigenvalue weighted by Gasteiger charge is -2.40. The number of Topliss-reactive ketones (excluding diaryl/α,β-unsaturated/α-hetero) is 1. The maximum Gasteiger partial charge on any atom is 0.138 e. The summed E-state index contributed by atoms with van der Waals surface area (Å²) < 4.78 is 5.74. The second-order valence-corrected chi connectivity index (χ2v) is 5.37. The molecule has 0 aliphatic carbocycles. The normalized spacial score (nSPS) is 37.1. The Morgan fingerprint density at radius 1 is 1.47 bits per heavy atom. The lowest BCUT2D eigenvalue weighted by molar-refractivity contribution is -0.127. The van der Waals surface area contributed by atoms with Crippen LogP contribution in [-0.4, -0.2) is 42.0 Å². The van der Waals surface area contributed by atoms with E-state index in [0.717, 1.165) is 26.1 Å². The molecule has 0 radical (unpaired) electrons. The van der Waals surface area contributed by atoms with Crippen molar-refractivity contribution in [1.82, 2.24) is 4.90 Å². The number of ether oxygens (including phenoxy) is 1. The smallest absolute Gasteiger partial charge is 0.138 e. The molecule has 15 heavy (non-hydrogen) atoms. The van der Waals surface area contributed by atoms with Gasteiger partial charge in [-0.15, -0.1) is 0 Å². The molecule has 2 rings (SSSR count). The van der Waals surface area contributed by atoms with Crippen LogP contribution in [-0.2, 0) is 9.53 Å². The van der Waals surface area contributed by atoms with E-state index in [1.54, 1.807) is 0 Å². The fraction of sp³-hybridized carbons (Fsp3) is 0.917. The number of piperidine rings is 1. The lowest BCUT2D eigenvalue weighted by atomic mass is 9.91. The van der Waals surface area contributed by atoms with Crippen LogP contribution in [0, 0.1) is 5.92 Å². The van der Waals surface area contributed by atoms with E-state index in [9.17, 15) is 4.79 Å². The van der Waals surface area contributed by atoms with Gasteiger partial charge in [-0.1, -0.05) is 6.92 Å². The molecule has 0 aromatic rings. The summed E-state index contributed by atoms with van der Waals surface area (Å²) in [7, 11) is 0. The Labute approximate surface area is 91.8 Å². The summed E-state index contributed by atoms with van der Waals surface area (Å²) in [4.78, 5) is 13.9. The van der Waals surface area contributed by atoms with Crippen LogP contribution in [0.1, 0.15) is 33.6 Å². The first kappa shape index (κ1) is 11.1. The zero-order valence-electron chi connectivity index (χ0n) is 9.95. The summed E-state index contributed by atoms with van der Waals surface area (Å²) in [5, 5.41) is 0. The molecule has 0 saturated carbocycles. The Morgan fingerprint density at radius 2 is 2.20 bits per heavy atom. The highest BCUT2D eigenvalue weighted by Crippen LogP contribution is 2.31. The van der Waals surface area contributed by atoms with Crippen LogP contribution in [0.4, 0.5) is 0 Å². The Kier molecular flexibility index (Phi) is 2.86. The van der Waals surface area contributed by atoms with E-state index in [4.69, 9.17) is 4.74 Å². The Bertz CT molecular complexity index is 262. The molecule has 2 heterocycles. The van der Waals surface area contributed by atoms with Crippen molar-refractivity contribution in [3.8, 4) is 0 Å². The van der Waals surface area contributed by atoms with Crippen molar-refractivity contribution in [2.45, 2.75) is 45.3 Å². The number of ketones is 1. The van der Waals surface area contributed by atoms with Gasteiger partial charge in [-0.05, 0) is 20.3 Å². The van der Waals surface area contributed by atoms with Gasteiger partial charge in [0.2, 0.25) is 0 Å². The van der Waals surface area contributed by atoms with E-state index in [1.165, 1.54) is 0 Å². The van der Waals surface area contributed by atoms with Gasteiger partial charge < -0.3 is 4.74 Å². The van der Waals surface area contributed by atoms with Crippen LogP contribution in [0.15, 0.2) is 0 Å². The van der Waals surface area contributed by atoms with Crippen molar-refractivity contribution >= 4 is 5.78 Å². The first-order chi connectivity index (χ1) is 7.00. The van der Waals surface area contributed by atoms with Gasteiger partial charge in [0, 0.05) is 38.1 Å². The first-order valence-corrected chi connectivity index (χ1v) is 5.91. The summed E-state index contributed by atoms with van der Waals surface area (Å²) >= 11 is 0. The molecule has 0 aromatic heterocycles. The SMILES string of the molecule is CC1CN(C2CCOC2(C)C)CCC1=O. The van der Waals surface area contributed by atoms with Crippen molar-refractivity contribution in [1.29, 1.82) is 0 Å². The van der Waals surface area contributed by atoms with Gasteiger partial charge in [-0.3, -0.25) is 9.69 Å². The molecule has 2 unspecified atom stereocenters. The maximum absolute atomic E-state index is 11.5. The van der Waals surface area contributed by atoms with Crippen LogP contribution in [0.2, 0.25) is 0 Å². The topological polar surface area (TPSA) is 29.5 Å². The minimum absolute atomic E-state index is 0.0416. The van der Waals surface area contributed by atoms with Crippen LogP contribution in [0.25, 0.3) is 0 Å². The highest BCUT2D eigenvalue weighted by molar-refractivity contribution is 5.81. The van der Waals surface area contributed by atoms with E-state index in [1.807, 2.05) is 6.92 Å². The average Bonchev–Trinajstić information content (AvgIpc) is 2.50. The van der Waals surface area contributed by atoms with Crippen LogP contribution in [0.5, 0.6) is 0 Å². The predicted octanol–water partition coefficient (Wildman–Crippen LogP) is 1.46. The molecule has 2 aliphatic heterocycles. The summed E-state index contributed by atoms with van der Waals surface area (Å²) in [6.45, 7) is 9.04. The van der Waals surface area contributed by atoms with Crippen molar-refractivity contribution in [2.75, 3.05) is 19.7 Å². The fourth-order valence-corrected chi connectivity index (χ4v) is 2.83. The van der Waals surface area contributed by atoms with Crippen LogP contribution >= 0.6 is 0 Å². The first-order valence-electron chi connectivity index (χ1n) is 5.91. The fourth-order valence-electron chi connectivity index (χ4n) is 2.83. The van der Waals surface area contributed by atoms with Crippen molar-refractivity contribution in [2.24, 2.45) is 5.92 Å². The molecule has 0 N–H and O–H groups in total. The second-order valence-electron chi connectivity index (χ2n) is 5.37. The van der Waals surface area contributed by atoms with Crippen molar-refractivity contribution in [3.05, 3.63) is 0 Å². The van der Waals surface area contributed by atoms with E-state index < -0.39 is 0 Å². The molecule has 0 spiro atoms. The highest BCUT2D eigenvalue weighted by Gasteiger charge is 2.41. The van der Waals surface area contributed by atoms with Gasteiger partial charge in [0.05, 0.1) is 5.60 Å². The van der Waals surface area contributed by atoms with Gasteiger partial charge >= 0.3 is 0 Å². The monoisotopic (exact) mass is 211 g/mol. The second kappa shape index (κ2) is 3.87. The van der Waals surface area contributed by atoms with Crippen LogP contribution < -0.4 is 0 Å².